The summed E-state index contributed by atoms with van der Waals surface area (Å²) in [4.78, 5) is -0.0856. The molecule has 4 nitrogen and oxygen atoms in total. The van der Waals surface area contributed by atoms with E-state index in [0.29, 0.717) is 18.4 Å². The van der Waals surface area contributed by atoms with Crippen molar-refractivity contribution < 1.29 is 12.8 Å². The van der Waals surface area contributed by atoms with Crippen LogP contribution in [0.15, 0.2) is 23.1 Å². The molecule has 6 heteroatoms. The van der Waals surface area contributed by atoms with Crippen molar-refractivity contribution in [2.75, 3.05) is 12.3 Å². The molecule has 0 radical (unpaired) electrons. The molecule has 17 heavy (non-hydrogen) atoms. The largest absolute Gasteiger partial charge is 0.396 e. The van der Waals surface area contributed by atoms with Gasteiger partial charge in [0.05, 0.1) is 10.6 Å². The molecule has 0 heterocycles. The van der Waals surface area contributed by atoms with Gasteiger partial charge in [-0.3, -0.25) is 0 Å². The Kier molecular flexibility index (Phi) is 3.09. The quantitative estimate of drug-likeness (QED) is 0.801. The van der Waals surface area contributed by atoms with E-state index >= 15 is 0 Å². The van der Waals surface area contributed by atoms with Gasteiger partial charge in [0.25, 0.3) is 0 Å². The van der Waals surface area contributed by atoms with E-state index in [4.69, 9.17) is 5.73 Å². The van der Waals surface area contributed by atoms with Crippen LogP contribution in [0.5, 0.6) is 0 Å². The highest BCUT2D eigenvalue weighted by molar-refractivity contribution is 7.89. The minimum atomic E-state index is -3.62. The Bertz CT molecular complexity index is 530. The van der Waals surface area contributed by atoms with E-state index in [1.807, 2.05) is 0 Å². The predicted molar refractivity (Wildman–Crippen MR) is 63.3 cm³/mol. The van der Waals surface area contributed by atoms with E-state index in [2.05, 4.69) is 11.6 Å². The minimum absolute atomic E-state index is 0.0558. The lowest BCUT2D eigenvalue weighted by Gasteiger charge is -2.07. The molecule has 2 unspecified atom stereocenters. The van der Waals surface area contributed by atoms with Crippen LogP contribution < -0.4 is 10.5 Å². The third-order valence-corrected chi connectivity index (χ3v) is 4.52. The number of nitrogens with one attached hydrogen (secondary N) is 1. The second-order valence-electron chi connectivity index (χ2n) is 4.51. The van der Waals surface area contributed by atoms with E-state index in [1.165, 1.54) is 12.1 Å². The molecule has 0 aliphatic heterocycles. The van der Waals surface area contributed by atoms with Crippen molar-refractivity contribution in [2.24, 2.45) is 11.8 Å². The molecule has 0 amide bonds. The second kappa shape index (κ2) is 4.27. The minimum Gasteiger partial charge on any atom is -0.396 e. The van der Waals surface area contributed by atoms with Crippen LogP contribution in [0.1, 0.15) is 13.3 Å². The molecule has 1 aromatic carbocycles. The molecule has 1 saturated carbocycles. The van der Waals surface area contributed by atoms with Crippen molar-refractivity contribution in [2.45, 2.75) is 18.2 Å². The zero-order valence-corrected chi connectivity index (χ0v) is 10.3. The molecule has 2 rings (SSSR count). The predicted octanol–water partition coefficient (Wildman–Crippen LogP) is 1.34. The number of hydrogen-bond donors (Lipinski definition) is 2. The Morgan fingerprint density at radius 1 is 1.53 bits per heavy atom. The van der Waals surface area contributed by atoms with E-state index in [1.54, 1.807) is 0 Å². The average Bonchev–Trinajstić information content (AvgIpc) is 2.96. The number of sulfonamides is 1. The number of nitrogens with two attached hydrogens (primary N) is 1. The fourth-order valence-corrected chi connectivity index (χ4v) is 2.76. The lowest BCUT2D eigenvalue weighted by Crippen LogP contribution is -2.26. The summed E-state index contributed by atoms with van der Waals surface area (Å²) in [6, 6.07) is 3.49. The normalized spacial score (nSPS) is 23.6. The number of hydrogen-bond acceptors (Lipinski definition) is 3. The summed E-state index contributed by atoms with van der Waals surface area (Å²) >= 11 is 0. The third-order valence-electron chi connectivity index (χ3n) is 3.09. The first-order valence-corrected chi connectivity index (χ1v) is 6.93. The van der Waals surface area contributed by atoms with Crippen LogP contribution in [0.2, 0.25) is 0 Å². The Morgan fingerprint density at radius 3 is 2.71 bits per heavy atom. The second-order valence-corrected chi connectivity index (χ2v) is 6.28. The summed E-state index contributed by atoms with van der Waals surface area (Å²) in [5.74, 6) is 0.261. The monoisotopic (exact) mass is 258 g/mol. The molecule has 1 fully saturated rings. The molecule has 3 N–H and O–H groups in total. The van der Waals surface area contributed by atoms with Crippen LogP contribution in [0, 0.1) is 17.7 Å². The van der Waals surface area contributed by atoms with Crippen LogP contribution in [0.4, 0.5) is 10.1 Å². The maximum Gasteiger partial charge on any atom is 0.240 e. The molecule has 1 aliphatic rings. The van der Waals surface area contributed by atoms with Gasteiger partial charge < -0.3 is 5.73 Å². The van der Waals surface area contributed by atoms with Crippen molar-refractivity contribution in [1.29, 1.82) is 0 Å². The van der Waals surface area contributed by atoms with Crippen molar-refractivity contribution in [3.05, 3.63) is 24.0 Å². The summed E-state index contributed by atoms with van der Waals surface area (Å²) in [6.07, 6.45) is 1.04. The molecule has 0 aromatic heterocycles. The zero-order valence-electron chi connectivity index (χ0n) is 9.48. The standard InChI is InChI=1S/C11H15FN2O2S/c1-7-4-8(7)6-14-17(15,16)9-2-3-11(13)10(12)5-9/h2-3,5,7-8,14H,4,6,13H2,1H3. The lowest BCUT2D eigenvalue weighted by molar-refractivity contribution is 0.571. The highest BCUT2D eigenvalue weighted by atomic mass is 32.2. The molecule has 0 bridgehead atoms. The highest BCUT2D eigenvalue weighted by Crippen LogP contribution is 2.37. The first-order valence-electron chi connectivity index (χ1n) is 5.45. The summed E-state index contributed by atoms with van der Waals surface area (Å²) in [7, 11) is -3.62. The summed E-state index contributed by atoms with van der Waals surface area (Å²) in [5, 5.41) is 0. The zero-order chi connectivity index (χ0) is 12.6. The van der Waals surface area contributed by atoms with Crippen LogP contribution in [0.25, 0.3) is 0 Å². The number of halogens is 1. The van der Waals surface area contributed by atoms with Gasteiger partial charge in [-0.1, -0.05) is 6.92 Å². The van der Waals surface area contributed by atoms with Crippen LogP contribution in [0.3, 0.4) is 0 Å². The molecule has 1 aromatic rings. The van der Waals surface area contributed by atoms with E-state index in [0.717, 1.165) is 12.5 Å². The highest BCUT2D eigenvalue weighted by Gasteiger charge is 2.33. The summed E-state index contributed by atoms with van der Waals surface area (Å²) < 4.78 is 39.3. The number of nitrogen functional groups attached to an aromatic ring is 1. The van der Waals surface area contributed by atoms with Gasteiger partial charge in [0.15, 0.2) is 0 Å². The van der Waals surface area contributed by atoms with Gasteiger partial charge >= 0.3 is 0 Å². The number of anilines is 1. The Labute approximate surface area is 100 Å². The maximum atomic E-state index is 13.2. The van der Waals surface area contributed by atoms with Crippen molar-refractivity contribution in [3.8, 4) is 0 Å². The van der Waals surface area contributed by atoms with Crippen LogP contribution in [-0.2, 0) is 10.0 Å². The van der Waals surface area contributed by atoms with Gasteiger partial charge in [0.2, 0.25) is 10.0 Å². The van der Waals surface area contributed by atoms with Gasteiger partial charge in [-0.15, -0.1) is 0 Å². The Morgan fingerprint density at radius 2 is 2.18 bits per heavy atom. The average molecular weight is 258 g/mol. The summed E-state index contributed by atoms with van der Waals surface area (Å²) in [6.45, 7) is 2.48. The van der Waals surface area contributed by atoms with Crippen LogP contribution >= 0.6 is 0 Å². The van der Waals surface area contributed by atoms with Gasteiger partial charge in [-0.2, -0.15) is 0 Å². The number of benzene rings is 1. The molecular formula is C11H15FN2O2S. The van der Waals surface area contributed by atoms with Crippen molar-refractivity contribution in [1.82, 2.24) is 4.72 Å². The first-order chi connectivity index (χ1) is 7.90. The van der Waals surface area contributed by atoms with Gasteiger partial charge in [-0.05, 0) is 36.5 Å². The van der Waals surface area contributed by atoms with Gasteiger partial charge in [0.1, 0.15) is 5.82 Å². The lowest BCUT2D eigenvalue weighted by atomic mass is 10.3. The van der Waals surface area contributed by atoms with Crippen LogP contribution in [-0.4, -0.2) is 15.0 Å². The number of rotatable bonds is 4. The third kappa shape index (κ3) is 2.76. The van der Waals surface area contributed by atoms with Crippen molar-refractivity contribution in [3.63, 3.8) is 0 Å². The van der Waals surface area contributed by atoms with Gasteiger partial charge in [-0.25, -0.2) is 17.5 Å². The fourth-order valence-electron chi connectivity index (χ4n) is 1.66. The van der Waals surface area contributed by atoms with E-state index in [-0.39, 0.29) is 10.6 Å². The van der Waals surface area contributed by atoms with E-state index < -0.39 is 15.8 Å². The molecule has 0 saturated heterocycles. The molecular weight excluding hydrogens is 243 g/mol. The first kappa shape index (κ1) is 12.3. The van der Waals surface area contributed by atoms with Gasteiger partial charge in [0, 0.05) is 6.54 Å². The Hall–Kier alpha value is -1.14. The molecule has 0 spiro atoms. The SMILES string of the molecule is CC1CC1CNS(=O)(=O)c1ccc(N)c(F)c1. The summed E-state index contributed by atoms with van der Waals surface area (Å²) in [5.41, 5.74) is 5.24. The Balaban J connectivity index is 2.10. The smallest absolute Gasteiger partial charge is 0.240 e. The van der Waals surface area contributed by atoms with Crippen molar-refractivity contribution >= 4 is 15.7 Å². The topological polar surface area (TPSA) is 72.2 Å². The molecule has 94 valence electrons. The molecule has 2 atom stereocenters. The molecule has 1 aliphatic carbocycles. The fraction of sp³-hybridized carbons (Fsp3) is 0.455. The maximum absolute atomic E-state index is 13.2. The van der Waals surface area contributed by atoms with E-state index in [9.17, 15) is 12.8 Å².